The molecule has 2 bridgehead atoms. The molecule has 2 saturated carbocycles. The number of rotatable bonds is 10. The van der Waals surface area contributed by atoms with Crippen LogP contribution in [0, 0.1) is 17.8 Å². The van der Waals surface area contributed by atoms with Gasteiger partial charge in [0.15, 0.2) is 0 Å². The van der Waals surface area contributed by atoms with Crippen molar-refractivity contribution in [2.24, 2.45) is 17.8 Å². The Kier molecular flexibility index (Phi) is 7.98. The van der Waals surface area contributed by atoms with Gasteiger partial charge in [0.05, 0.1) is 5.92 Å². The number of alkyl carbamates (subject to hydrolysis) is 1. The van der Waals surface area contributed by atoms with Crippen LogP contribution >= 0.6 is 0 Å². The summed E-state index contributed by atoms with van der Waals surface area (Å²) < 4.78 is 5.78. The number of carboxylic acid groups (broad SMARTS) is 1. The second kappa shape index (κ2) is 12.0. The summed E-state index contributed by atoms with van der Waals surface area (Å²) in [4.78, 5) is 40.6. The molecule has 3 aromatic rings. The van der Waals surface area contributed by atoms with Crippen LogP contribution in [0.4, 0.5) is 4.79 Å². The first-order chi connectivity index (χ1) is 20.4. The summed E-state index contributed by atoms with van der Waals surface area (Å²) in [6, 6.07) is 24.7. The zero-order valence-corrected chi connectivity index (χ0v) is 23.7. The van der Waals surface area contributed by atoms with Gasteiger partial charge >= 0.3 is 12.1 Å². The fourth-order valence-electron chi connectivity index (χ4n) is 7.38. The maximum absolute atomic E-state index is 13.5. The molecule has 2 amide bonds. The van der Waals surface area contributed by atoms with Crippen molar-refractivity contribution >= 4 is 18.0 Å². The third-order valence-electron chi connectivity index (χ3n) is 9.25. The van der Waals surface area contributed by atoms with E-state index < -0.39 is 24.0 Å². The Labute approximate surface area is 246 Å². The highest BCUT2D eigenvalue weighted by molar-refractivity contribution is 5.86. The summed E-state index contributed by atoms with van der Waals surface area (Å²) in [6.45, 7) is 0.939. The van der Waals surface area contributed by atoms with E-state index in [1.807, 2.05) is 66.5 Å². The molecule has 3 aliphatic rings. The molecule has 6 rings (SSSR count). The summed E-state index contributed by atoms with van der Waals surface area (Å²) in [5.74, 6) is -1.63. The average molecular weight is 568 g/mol. The molecule has 3 aliphatic carbocycles. The van der Waals surface area contributed by atoms with Gasteiger partial charge in [0.25, 0.3) is 0 Å². The molecule has 8 nitrogen and oxygen atoms in total. The number of aliphatic carboxylic acids is 1. The SMILES string of the molecule is CN(Cc1ccccc1)CC(NC(=O)C1C2CCC(C2)C1NC(=O)OCC1c2ccccc2-c2ccccc21)C(=O)O. The molecular weight excluding hydrogens is 530 g/mol. The highest BCUT2D eigenvalue weighted by Crippen LogP contribution is 2.49. The number of likely N-dealkylation sites (N-methyl/N-ethyl adjacent to an activating group) is 1. The maximum Gasteiger partial charge on any atom is 0.407 e. The topological polar surface area (TPSA) is 108 Å². The highest BCUT2D eigenvalue weighted by atomic mass is 16.5. The van der Waals surface area contributed by atoms with E-state index in [-0.39, 0.29) is 42.9 Å². The maximum atomic E-state index is 13.5. The van der Waals surface area contributed by atoms with Crippen molar-refractivity contribution in [2.45, 2.75) is 43.8 Å². The van der Waals surface area contributed by atoms with Crippen molar-refractivity contribution < 1.29 is 24.2 Å². The van der Waals surface area contributed by atoms with Gasteiger partial charge in [-0.2, -0.15) is 0 Å². The number of ether oxygens (including phenoxy) is 1. The zero-order valence-electron chi connectivity index (χ0n) is 23.7. The Hall–Kier alpha value is -4.17. The summed E-state index contributed by atoms with van der Waals surface area (Å²) >= 11 is 0. The number of nitrogens with zero attached hydrogens (tertiary/aromatic N) is 1. The third kappa shape index (κ3) is 5.63. The van der Waals surface area contributed by atoms with E-state index in [0.717, 1.165) is 47.1 Å². The number of fused-ring (bicyclic) bond motifs is 5. The second-order valence-electron chi connectivity index (χ2n) is 11.9. The monoisotopic (exact) mass is 567 g/mol. The minimum Gasteiger partial charge on any atom is -0.480 e. The lowest BCUT2D eigenvalue weighted by atomic mass is 9.83. The van der Waals surface area contributed by atoms with E-state index in [0.29, 0.717) is 6.54 Å². The fourth-order valence-corrected chi connectivity index (χ4v) is 7.38. The largest absolute Gasteiger partial charge is 0.480 e. The standard InChI is InChI=1S/C34H37N3O5/c1-37(18-21-9-3-2-4-10-21)19-29(33(39)40)35-32(38)30-22-15-16-23(17-22)31(30)36-34(41)42-20-28-26-13-7-5-11-24(26)25-12-6-8-14-27(25)28/h2-14,22-23,28-31H,15-20H2,1H3,(H,35,38)(H,36,41)(H,39,40). The molecule has 3 N–H and O–H groups in total. The summed E-state index contributed by atoms with van der Waals surface area (Å²) in [7, 11) is 1.84. The fraction of sp³-hybridized carbons (Fsp3) is 0.382. The van der Waals surface area contributed by atoms with Crippen molar-refractivity contribution in [3.05, 3.63) is 95.6 Å². The molecule has 0 spiro atoms. The molecule has 2 fully saturated rings. The van der Waals surface area contributed by atoms with Crippen molar-refractivity contribution in [3.8, 4) is 11.1 Å². The van der Waals surface area contributed by atoms with Crippen molar-refractivity contribution in [3.63, 3.8) is 0 Å². The van der Waals surface area contributed by atoms with Crippen molar-refractivity contribution in [1.82, 2.24) is 15.5 Å². The Balaban J connectivity index is 1.08. The van der Waals surface area contributed by atoms with E-state index in [9.17, 15) is 19.5 Å². The molecule has 0 heterocycles. The lowest BCUT2D eigenvalue weighted by molar-refractivity contribution is -0.143. The summed E-state index contributed by atoms with van der Waals surface area (Å²) in [5, 5.41) is 15.7. The van der Waals surface area contributed by atoms with E-state index in [2.05, 4.69) is 34.9 Å². The van der Waals surface area contributed by atoms with Crippen LogP contribution in [0.25, 0.3) is 11.1 Å². The number of amides is 2. The number of carbonyl (C=O) groups excluding carboxylic acids is 2. The molecule has 5 atom stereocenters. The van der Waals surface area contributed by atoms with Crippen LogP contribution in [0.2, 0.25) is 0 Å². The minimum absolute atomic E-state index is 0.0496. The van der Waals surface area contributed by atoms with E-state index in [1.54, 1.807) is 0 Å². The van der Waals surface area contributed by atoms with Gasteiger partial charge in [-0.3, -0.25) is 9.69 Å². The van der Waals surface area contributed by atoms with Gasteiger partial charge in [-0.15, -0.1) is 0 Å². The zero-order chi connectivity index (χ0) is 29.2. The average Bonchev–Trinajstić information content (AvgIpc) is 3.68. The van der Waals surface area contributed by atoms with Gasteiger partial charge in [0, 0.05) is 25.0 Å². The van der Waals surface area contributed by atoms with Gasteiger partial charge in [-0.05, 0) is 66.0 Å². The molecule has 0 aliphatic heterocycles. The van der Waals surface area contributed by atoms with E-state index in [1.165, 1.54) is 0 Å². The normalized spacial score (nSPS) is 22.8. The number of carboxylic acids is 1. The first-order valence-electron chi connectivity index (χ1n) is 14.8. The Morgan fingerprint density at radius 3 is 2.19 bits per heavy atom. The molecule has 0 saturated heterocycles. The van der Waals surface area contributed by atoms with E-state index in [4.69, 9.17) is 4.74 Å². The number of hydrogen-bond donors (Lipinski definition) is 3. The minimum atomic E-state index is -1.08. The summed E-state index contributed by atoms with van der Waals surface area (Å²) in [5.41, 5.74) is 5.67. The predicted octanol–water partition coefficient (Wildman–Crippen LogP) is 4.64. The van der Waals surface area contributed by atoms with Crippen LogP contribution in [-0.4, -0.2) is 60.3 Å². The molecule has 0 radical (unpaired) electrons. The van der Waals surface area contributed by atoms with Gasteiger partial charge in [0.1, 0.15) is 12.6 Å². The van der Waals surface area contributed by atoms with Gasteiger partial charge in [-0.1, -0.05) is 78.9 Å². The van der Waals surface area contributed by atoms with Gasteiger partial charge in [0.2, 0.25) is 5.91 Å². The number of hydrogen-bond acceptors (Lipinski definition) is 5. The van der Waals surface area contributed by atoms with Crippen molar-refractivity contribution in [1.29, 1.82) is 0 Å². The molecule has 5 unspecified atom stereocenters. The van der Waals surface area contributed by atoms with Gasteiger partial charge in [-0.25, -0.2) is 9.59 Å². The Morgan fingerprint density at radius 1 is 0.905 bits per heavy atom. The van der Waals surface area contributed by atoms with Crippen LogP contribution < -0.4 is 10.6 Å². The quantitative estimate of drug-likeness (QED) is 0.330. The van der Waals surface area contributed by atoms with Crippen LogP contribution in [0.3, 0.4) is 0 Å². The smallest absolute Gasteiger partial charge is 0.407 e. The first kappa shape index (κ1) is 28.0. The molecule has 3 aromatic carbocycles. The van der Waals surface area contributed by atoms with Gasteiger partial charge < -0.3 is 20.5 Å². The highest BCUT2D eigenvalue weighted by Gasteiger charge is 2.52. The van der Waals surface area contributed by atoms with Crippen LogP contribution in [0.15, 0.2) is 78.9 Å². The molecule has 0 aromatic heterocycles. The summed E-state index contributed by atoms with van der Waals surface area (Å²) in [6.07, 6.45) is 2.14. The molecule has 42 heavy (non-hydrogen) atoms. The van der Waals surface area contributed by atoms with Crippen LogP contribution in [0.5, 0.6) is 0 Å². The van der Waals surface area contributed by atoms with E-state index >= 15 is 0 Å². The van der Waals surface area contributed by atoms with Crippen LogP contribution in [0.1, 0.15) is 41.9 Å². The molecule has 8 heteroatoms. The number of carbonyl (C=O) groups is 3. The lowest BCUT2D eigenvalue weighted by Crippen LogP contribution is -2.54. The third-order valence-corrected chi connectivity index (χ3v) is 9.25. The molecule has 218 valence electrons. The second-order valence-corrected chi connectivity index (χ2v) is 11.9. The molecular formula is C34H37N3O5. The predicted molar refractivity (Wildman–Crippen MR) is 159 cm³/mol. The first-order valence-corrected chi connectivity index (χ1v) is 14.8. The lowest BCUT2D eigenvalue weighted by Gasteiger charge is -2.32. The van der Waals surface area contributed by atoms with Crippen molar-refractivity contribution in [2.75, 3.05) is 20.2 Å². The Bertz CT molecular complexity index is 1410. The number of nitrogens with one attached hydrogen (secondary N) is 2. The Morgan fingerprint density at radius 2 is 1.52 bits per heavy atom. The van der Waals surface area contributed by atoms with Crippen LogP contribution in [-0.2, 0) is 20.9 Å². The number of benzene rings is 3.